The SMILES string of the molecule is O=C(O)C1(NCc2cccs2)CCS(=O)(=O)CC1. The van der Waals surface area contributed by atoms with Crippen LogP contribution in [0.5, 0.6) is 0 Å². The van der Waals surface area contributed by atoms with Gasteiger partial charge in [0.1, 0.15) is 15.4 Å². The molecule has 0 aromatic carbocycles. The molecule has 7 heteroatoms. The molecule has 0 radical (unpaired) electrons. The van der Waals surface area contributed by atoms with Crippen LogP contribution in [0.1, 0.15) is 17.7 Å². The number of carbonyl (C=O) groups is 1. The lowest BCUT2D eigenvalue weighted by Crippen LogP contribution is -2.56. The van der Waals surface area contributed by atoms with Gasteiger partial charge in [0.15, 0.2) is 0 Å². The summed E-state index contributed by atoms with van der Waals surface area (Å²) in [7, 11) is -3.06. The zero-order chi connectivity index (χ0) is 13.2. The predicted molar refractivity (Wildman–Crippen MR) is 69.4 cm³/mol. The summed E-state index contributed by atoms with van der Waals surface area (Å²) in [6.07, 6.45) is 0.270. The third-order valence-electron chi connectivity index (χ3n) is 3.27. The highest BCUT2D eigenvalue weighted by atomic mass is 32.2. The molecule has 0 bridgehead atoms. The molecule has 18 heavy (non-hydrogen) atoms. The fourth-order valence-electron chi connectivity index (χ4n) is 2.02. The van der Waals surface area contributed by atoms with Crippen LogP contribution in [0.25, 0.3) is 0 Å². The zero-order valence-electron chi connectivity index (χ0n) is 9.76. The molecule has 5 nitrogen and oxygen atoms in total. The third kappa shape index (κ3) is 2.90. The van der Waals surface area contributed by atoms with Gasteiger partial charge in [0.2, 0.25) is 0 Å². The molecular weight excluding hydrogens is 274 g/mol. The van der Waals surface area contributed by atoms with Crippen LogP contribution >= 0.6 is 11.3 Å². The van der Waals surface area contributed by atoms with E-state index in [2.05, 4.69) is 5.32 Å². The molecule has 0 unspecified atom stereocenters. The quantitative estimate of drug-likeness (QED) is 0.859. The first kappa shape index (κ1) is 13.5. The van der Waals surface area contributed by atoms with Gasteiger partial charge in [-0.25, -0.2) is 8.42 Å². The Balaban J connectivity index is 2.06. The Morgan fingerprint density at radius 1 is 1.44 bits per heavy atom. The van der Waals surface area contributed by atoms with E-state index in [0.717, 1.165) is 4.88 Å². The van der Waals surface area contributed by atoms with Gasteiger partial charge in [0.05, 0.1) is 11.5 Å². The van der Waals surface area contributed by atoms with E-state index < -0.39 is 21.3 Å². The fraction of sp³-hybridized carbons (Fsp3) is 0.545. The van der Waals surface area contributed by atoms with Crippen LogP contribution < -0.4 is 5.32 Å². The van der Waals surface area contributed by atoms with Gasteiger partial charge in [-0.05, 0) is 24.3 Å². The third-order valence-corrected chi connectivity index (χ3v) is 5.80. The van der Waals surface area contributed by atoms with Crippen LogP contribution in [0, 0.1) is 0 Å². The summed E-state index contributed by atoms with van der Waals surface area (Å²) >= 11 is 1.55. The Morgan fingerprint density at radius 3 is 2.61 bits per heavy atom. The number of rotatable bonds is 4. The Kier molecular flexibility index (Phi) is 3.74. The second kappa shape index (κ2) is 4.99. The van der Waals surface area contributed by atoms with Gasteiger partial charge < -0.3 is 5.11 Å². The van der Waals surface area contributed by atoms with Crippen LogP contribution in [-0.4, -0.2) is 36.5 Å². The first-order valence-electron chi connectivity index (χ1n) is 5.65. The van der Waals surface area contributed by atoms with Crippen molar-refractivity contribution in [3.8, 4) is 0 Å². The lowest BCUT2D eigenvalue weighted by molar-refractivity contribution is -0.145. The molecule has 1 aromatic heterocycles. The number of thiophene rings is 1. The average Bonchev–Trinajstić information content (AvgIpc) is 2.81. The zero-order valence-corrected chi connectivity index (χ0v) is 11.4. The number of nitrogens with one attached hydrogen (secondary N) is 1. The summed E-state index contributed by atoms with van der Waals surface area (Å²) in [5.41, 5.74) is -1.10. The summed E-state index contributed by atoms with van der Waals surface area (Å²) in [5.74, 6) is -1.08. The molecule has 0 spiro atoms. The highest BCUT2D eigenvalue weighted by Crippen LogP contribution is 2.25. The number of carboxylic acids is 1. The molecule has 1 fully saturated rings. The second-order valence-electron chi connectivity index (χ2n) is 4.47. The van der Waals surface area contributed by atoms with Crippen molar-refractivity contribution in [3.05, 3.63) is 22.4 Å². The Bertz CT molecular complexity index is 507. The van der Waals surface area contributed by atoms with E-state index in [-0.39, 0.29) is 24.3 Å². The lowest BCUT2D eigenvalue weighted by atomic mass is 9.92. The predicted octanol–water partition coefficient (Wildman–Crippen LogP) is 0.870. The number of hydrogen-bond acceptors (Lipinski definition) is 5. The monoisotopic (exact) mass is 289 g/mol. The van der Waals surface area contributed by atoms with E-state index in [0.29, 0.717) is 6.54 Å². The second-order valence-corrected chi connectivity index (χ2v) is 7.81. The maximum atomic E-state index is 11.4. The molecule has 2 heterocycles. The molecule has 100 valence electrons. The first-order chi connectivity index (χ1) is 8.44. The number of carboxylic acid groups (broad SMARTS) is 1. The molecule has 1 aromatic rings. The Morgan fingerprint density at radius 2 is 2.11 bits per heavy atom. The van der Waals surface area contributed by atoms with Crippen LogP contribution in [0.2, 0.25) is 0 Å². The van der Waals surface area contributed by atoms with E-state index in [9.17, 15) is 18.3 Å². The molecule has 2 N–H and O–H groups in total. The van der Waals surface area contributed by atoms with Gasteiger partial charge in [0, 0.05) is 11.4 Å². The smallest absolute Gasteiger partial charge is 0.323 e. The van der Waals surface area contributed by atoms with Crippen LogP contribution in [-0.2, 0) is 21.2 Å². The summed E-state index contributed by atoms with van der Waals surface area (Å²) in [6, 6.07) is 3.83. The fourth-order valence-corrected chi connectivity index (χ4v) is 4.19. The molecule has 0 saturated carbocycles. The molecule has 1 aliphatic heterocycles. The number of aliphatic carboxylic acids is 1. The summed E-state index contributed by atoms with van der Waals surface area (Å²) in [5, 5.41) is 14.3. The van der Waals surface area contributed by atoms with Gasteiger partial charge in [-0.1, -0.05) is 6.07 Å². The van der Waals surface area contributed by atoms with E-state index in [4.69, 9.17) is 0 Å². The maximum Gasteiger partial charge on any atom is 0.323 e. The topological polar surface area (TPSA) is 83.5 Å². The standard InChI is InChI=1S/C11H15NO4S2/c13-10(14)11(3-6-18(15,16)7-4-11)12-8-9-2-1-5-17-9/h1-2,5,12H,3-4,6-8H2,(H,13,14). The van der Waals surface area contributed by atoms with Gasteiger partial charge >= 0.3 is 5.97 Å². The van der Waals surface area contributed by atoms with Crippen molar-refractivity contribution in [1.29, 1.82) is 0 Å². The number of sulfone groups is 1. The van der Waals surface area contributed by atoms with Crippen LogP contribution in [0.3, 0.4) is 0 Å². The van der Waals surface area contributed by atoms with E-state index in [1.54, 1.807) is 11.3 Å². The van der Waals surface area contributed by atoms with Gasteiger partial charge in [-0.3, -0.25) is 10.1 Å². The largest absolute Gasteiger partial charge is 0.480 e. The van der Waals surface area contributed by atoms with Crippen molar-refractivity contribution in [2.24, 2.45) is 0 Å². The van der Waals surface area contributed by atoms with Crippen LogP contribution in [0.4, 0.5) is 0 Å². The van der Waals surface area contributed by atoms with E-state index >= 15 is 0 Å². The van der Waals surface area contributed by atoms with Crippen molar-refractivity contribution in [1.82, 2.24) is 5.32 Å². The highest BCUT2D eigenvalue weighted by Gasteiger charge is 2.43. The summed E-state index contributed by atoms with van der Waals surface area (Å²) in [6.45, 7) is 0.462. The van der Waals surface area contributed by atoms with Crippen molar-refractivity contribution < 1.29 is 18.3 Å². The first-order valence-corrected chi connectivity index (χ1v) is 8.35. The van der Waals surface area contributed by atoms with Gasteiger partial charge in [0.25, 0.3) is 0 Å². The van der Waals surface area contributed by atoms with Crippen molar-refractivity contribution in [3.63, 3.8) is 0 Å². The average molecular weight is 289 g/mol. The minimum absolute atomic E-state index is 0.0588. The van der Waals surface area contributed by atoms with Crippen molar-refractivity contribution in [2.45, 2.75) is 24.9 Å². The van der Waals surface area contributed by atoms with Crippen LogP contribution in [0.15, 0.2) is 17.5 Å². The molecule has 0 atom stereocenters. The van der Waals surface area contributed by atoms with E-state index in [1.165, 1.54) is 0 Å². The van der Waals surface area contributed by atoms with Gasteiger partial charge in [-0.2, -0.15) is 0 Å². The van der Waals surface area contributed by atoms with E-state index in [1.807, 2.05) is 17.5 Å². The molecule has 1 saturated heterocycles. The molecule has 0 amide bonds. The normalized spacial score (nSPS) is 21.6. The minimum atomic E-state index is -3.06. The number of hydrogen-bond donors (Lipinski definition) is 2. The molecule has 2 rings (SSSR count). The maximum absolute atomic E-state index is 11.4. The molecule has 1 aliphatic rings. The minimum Gasteiger partial charge on any atom is -0.480 e. The lowest BCUT2D eigenvalue weighted by Gasteiger charge is -2.33. The summed E-state index contributed by atoms with van der Waals surface area (Å²) < 4.78 is 22.8. The Hall–Kier alpha value is -0.920. The van der Waals surface area contributed by atoms with Gasteiger partial charge in [-0.15, -0.1) is 11.3 Å². The van der Waals surface area contributed by atoms with Crippen molar-refractivity contribution in [2.75, 3.05) is 11.5 Å². The summed E-state index contributed by atoms with van der Waals surface area (Å²) in [4.78, 5) is 12.4. The highest BCUT2D eigenvalue weighted by molar-refractivity contribution is 7.91. The van der Waals surface area contributed by atoms with Crippen molar-refractivity contribution >= 4 is 27.1 Å². The Labute approximate surface area is 110 Å². The molecule has 0 aliphatic carbocycles. The molecular formula is C11H15NO4S2.